The lowest BCUT2D eigenvalue weighted by Gasteiger charge is -2.29. The molecule has 0 aromatic heterocycles. The SMILES string of the molecule is CCC(C)NC(=O)C(C)NC1CCOc2ccccc21. The molecular formula is C16H24N2O2. The van der Waals surface area contributed by atoms with Gasteiger partial charge < -0.3 is 10.1 Å². The number of hydrogen-bond donors (Lipinski definition) is 2. The van der Waals surface area contributed by atoms with Crippen LogP contribution >= 0.6 is 0 Å². The van der Waals surface area contributed by atoms with E-state index < -0.39 is 0 Å². The average molecular weight is 276 g/mol. The van der Waals surface area contributed by atoms with E-state index in [-0.39, 0.29) is 24.0 Å². The second-order valence-electron chi connectivity index (χ2n) is 5.43. The Balaban J connectivity index is 1.98. The lowest BCUT2D eigenvalue weighted by molar-refractivity contribution is -0.123. The van der Waals surface area contributed by atoms with Crippen molar-refractivity contribution < 1.29 is 9.53 Å². The predicted molar refractivity (Wildman–Crippen MR) is 79.8 cm³/mol. The molecule has 1 aromatic carbocycles. The normalized spacial score (nSPS) is 20.4. The van der Waals surface area contributed by atoms with Crippen LogP contribution < -0.4 is 15.4 Å². The largest absolute Gasteiger partial charge is 0.493 e. The minimum Gasteiger partial charge on any atom is -0.493 e. The highest BCUT2D eigenvalue weighted by Crippen LogP contribution is 2.31. The molecule has 2 N–H and O–H groups in total. The summed E-state index contributed by atoms with van der Waals surface area (Å²) in [6.45, 7) is 6.69. The number of para-hydroxylation sites is 1. The molecule has 3 unspecified atom stereocenters. The first-order valence-electron chi connectivity index (χ1n) is 7.40. The summed E-state index contributed by atoms with van der Waals surface area (Å²) in [5.74, 6) is 0.981. The molecule has 0 spiro atoms. The zero-order chi connectivity index (χ0) is 14.5. The van der Waals surface area contributed by atoms with Gasteiger partial charge in [0.2, 0.25) is 5.91 Å². The van der Waals surface area contributed by atoms with Crippen LogP contribution in [0.15, 0.2) is 24.3 Å². The van der Waals surface area contributed by atoms with E-state index >= 15 is 0 Å². The third-order valence-electron chi connectivity index (χ3n) is 3.80. The molecule has 3 atom stereocenters. The Kier molecular flexibility index (Phi) is 5.01. The first kappa shape index (κ1) is 14.9. The Labute approximate surface area is 120 Å². The number of ether oxygens (including phenoxy) is 1. The topological polar surface area (TPSA) is 50.4 Å². The summed E-state index contributed by atoms with van der Waals surface area (Å²) in [4.78, 5) is 12.1. The van der Waals surface area contributed by atoms with Gasteiger partial charge in [-0.1, -0.05) is 25.1 Å². The molecule has 0 fully saturated rings. The second kappa shape index (κ2) is 6.75. The third kappa shape index (κ3) is 3.51. The van der Waals surface area contributed by atoms with Crippen molar-refractivity contribution >= 4 is 5.91 Å². The molecule has 0 radical (unpaired) electrons. The zero-order valence-electron chi connectivity index (χ0n) is 12.5. The number of amides is 1. The molecule has 4 heteroatoms. The Morgan fingerprint density at radius 3 is 2.90 bits per heavy atom. The van der Waals surface area contributed by atoms with Crippen molar-refractivity contribution in [2.75, 3.05) is 6.61 Å². The second-order valence-corrected chi connectivity index (χ2v) is 5.43. The number of fused-ring (bicyclic) bond motifs is 1. The number of carbonyl (C=O) groups excluding carboxylic acids is 1. The van der Waals surface area contributed by atoms with E-state index in [1.165, 1.54) is 0 Å². The van der Waals surface area contributed by atoms with Gasteiger partial charge >= 0.3 is 0 Å². The molecule has 1 heterocycles. The summed E-state index contributed by atoms with van der Waals surface area (Å²) < 4.78 is 5.64. The van der Waals surface area contributed by atoms with Crippen molar-refractivity contribution in [3.63, 3.8) is 0 Å². The Morgan fingerprint density at radius 1 is 1.40 bits per heavy atom. The molecule has 1 aliphatic heterocycles. The van der Waals surface area contributed by atoms with Gasteiger partial charge in [-0.2, -0.15) is 0 Å². The number of benzene rings is 1. The average Bonchev–Trinajstić information content (AvgIpc) is 2.47. The maximum atomic E-state index is 12.1. The lowest BCUT2D eigenvalue weighted by atomic mass is 9.99. The smallest absolute Gasteiger partial charge is 0.237 e. The van der Waals surface area contributed by atoms with Gasteiger partial charge in [-0.3, -0.25) is 10.1 Å². The Morgan fingerprint density at radius 2 is 2.15 bits per heavy atom. The van der Waals surface area contributed by atoms with E-state index in [4.69, 9.17) is 4.74 Å². The van der Waals surface area contributed by atoms with Crippen molar-refractivity contribution in [3.05, 3.63) is 29.8 Å². The summed E-state index contributed by atoms with van der Waals surface area (Å²) in [7, 11) is 0. The highest BCUT2D eigenvalue weighted by molar-refractivity contribution is 5.81. The van der Waals surface area contributed by atoms with Gasteiger partial charge in [0.15, 0.2) is 0 Å². The van der Waals surface area contributed by atoms with Crippen LogP contribution in [0.3, 0.4) is 0 Å². The van der Waals surface area contributed by atoms with Gasteiger partial charge in [0.05, 0.1) is 12.6 Å². The lowest BCUT2D eigenvalue weighted by Crippen LogP contribution is -2.47. The van der Waals surface area contributed by atoms with Crippen molar-refractivity contribution in [2.24, 2.45) is 0 Å². The minimum absolute atomic E-state index is 0.0586. The fourth-order valence-corrected chi connectivity index (χ4v) is 2.36. The molecule has 0 aliphatic carbocycles. The minimum atomic E-state index is -0.208. The van der Waals surface area contributed by atoms with Gasteiger partial charge in [-0.05, 0) is 26.3 Å². The van der Waals surface area contributed by atoms with Crippen LogP contribution in [0, 0.1) is 0 Å². The van der Waals surface area contributed by atoms with Gasteiger partial charge in [0, 0.05) is 24.1 Å². The Bertz CT molecular complexity index is 462. The summed E-state index contributed by atoms with van der Waals surface area (Å²) in [6.07, 6.45) is 1.83. The van der Waals surface area contributed by atoms with Gasteiger partial charge in [0.25, 0.3) is 0 Å². The molecule has 20 heavy (non-hydrogen) atoms. The molecule has 1 aromatic rings. The fourth-order valence-electron chi connectivity index (χ4n) is 2.36. The number of nitrogens with one attached hydrogen (secondary N) is 2. The van der Waals surface area contributed by atoms with Gasteiger partial charge in [-0.15, -0.1) is 0 Å². The van der Waals surface area contributed by atoms with Crippen LogP contribution in [0.1, 0.15) is 45.2 Å². The molecule has 4 nitrogen and oxygen atoms in total. The zero-order valence-corrected chi connectivity index (χ0v) is 12.5. The van der Waals surface area contributed by atoms with Crippen molar-refractivity contribution in [1.82, 2.24) is 10.6 Å². The number of rotatable bonds is 5. The van der Waals surface area contributed by atoms with Crippen molar-refractivity contribution in [2.45, 2.75) is 51.7 Å². The van der Waals surface area contributed by atoms with E-state index in [1.54, 1.807) is 0 Å². The molecule has 0 saturated heterocycles. The van der Waals surface area contributed by atoms with Gasteiger partial charge in [-0.25, -0.2) is 0 Å². The monoisotopic (exact) mass is 276 g/mol. The highest BCUT2D eigenvalue weighted by atomic mass is 16.5. The van der Waals surface area contributed by atoms with Crippen LogP contribution in [0.2, 0.25) is 0 Å². The predicted octanol–water partition coefficient (Wildman–Crippen LogP) is 2.40. The standard InChI is InChI=1S/C16H24N2O2/c1-4-11(2)17-16(19)12(3)18-14-9-10-20-15-8-6-5-7-13(14)15/h5-8,11-12,14,18H,4,9-10H2,1-3H3,(H,17,19). The van der Waals surface area contributed by atoms with E-state index in [2.05, 4.69) is 23.6 Å². The highest BCUT2D eigenvalue weighted by Gasteiger charge is 2.24. The molecule has 110 valence electrons. The first-order chi connectivity index (χ1) is 9.61. The molecule has 1 amide bonds. The van der Waals surface area contributed by atoms with Crippen LogP contribution in [-0.2, 0) is 4.79 Å². The van der Waals surface area contributed by atoms with Crippen molar-refractivity contribution in [3.8, 4) is 5.75 Å². The fraction of sp³-hybridized carbons (Fsp3) is 0.562. The van der Waals surface area contributed by atoms with Gasteiger partial charge in [0.1, 0.15) is 5.75 Å². The van der Waals surface area contributed by atoms with Crippen LogP contribution in [0.5, 0.6) is 5.75 Å². The Hall–Kier alpha value is -1.55. The van der Waals surface area contributed by atoms with Crippen LogP contribution in [0.25, 0.3) is 0 Å². The van der Waals surface area contributed by atoms with E-state index in [0.29, 0.717) is 6.61 Å². The molecule has 1 aliphatic rings. The summed E-state index contributed by atoms with van der Waals surface area (Å²) in [5.41, 5.74) is 1.14. The quantitative estimate of drug-likeness (QED) is 0.868. The summed E-state index contributed by atoms with van der Waals surface area (Å²) in [6, 6.07) is 8.21. The molecule has 0 saturated carbocycles. The maximum Gasteiger partial charge on any atom is 0.237 e. The third-order valence-corrected chi connectivity index (χ3v) is 3.80. The van der Waals surface area contributed by atoms with Crippen LogP contribution in [0.4, 0.5) is 0 Å². The molecule has 0 bridgehead atoms. The van der Waals surface area contributed by atoms with Crippen LogP contribution in [-0.4, -0.2) is 24.6 Å². The van der Waals surface area contributed by atoms with E-state index in [1.807, 2.05) is 32.0 Å². The van der Waals surface area contributed by atoms with E-state index in [0.717, 1.165) is 24.2 Å². The van der Waals surface area contributed by atoms with E-state index in [9.17, 15) is 4.79 Å². The summed E-state index contributed by atoms with van der Waals surface area (Å²) in [5, 5.41) is 6.42. The number of carbonyl (C=O) groups is 1. The first-order valence-corrected chi connectivity index (χ1v) is 7.40. The molecule has 2 rings (SSSR count). The molecular weight excluding hydrogens is 252 g/mol. The maximum absolute atomic E-state index is 12.1. The summed E-state index contributed by atoms with van der Waals surface area (Å²) >= 11 is 0. The van der Waals surface area contributed by atoms with Crippen molar-refractivity contribution in [1.29, 1.82) is 0 Å². The number of hydrogen-bond acceptors (Lipinski definition) is 3.